The van der Waals surface area contributed by atoms with E-state index < -0.39 is 0 Å². The first-order chi connectivity index (χ1) is 9.40. The molecule has 19 heavy (non-hydrogen) atoms. The number of benzene rings is 2. The predicted molar refractivity (Wildman–Crippen MR) is 79.5 cm³/mol. The number of hydrogen-bond acceptors (Lipinski definition) is 1. The molecule has 0 amide bonds. The summed E-state index contributed by atoms with van der Waals surface area (Å²) < 4.78 is 1.96. The fourth-order valence-corrected chi connectivity index (χ4v) is 2.19. The zero-order valence-electron chi connectivity index (χ0n) is 10.5. The van der Waals surface area contributed by atoms with Gasteiger partial charge in [-0.2, -0.15) is 0 Å². The van der Waals surface area contributed by atoms with Gasteiger partial charge in [-0.3, -0.25) is 0 Å². The van der Waals surface area contributed by atoms with Gasteiger partial charge in [-0.25, -0.2) is 4.98 Å². The van der Waals surface area contributed by atoms with Crippen LogP contribution in [0, 0.1) is 0 Å². The molecule has 3 aromatic rings. The Morgan fingerprint density at radius 2 is 1.42 bits per heavy atom. The van der Waals surface area contributed by atoms with Crippen molar-refractivity contribution in [2.45, 2.75) is 0 Å². The van der Waals surface area contributed by atoms with Gasteiger partial charge in [0.15, 0.2) is 0 Å². The van der Waals surface area contributed by atoms with Crippen molar-refractivity contribution in [1.82, 2.24) is 9.55 Å². The van der Waals surface area contributed by atoms with Gasteiger partial charge in [0.1, 0.15) is 0 Å². The summed E-state index contributed by atoms with van der Waals surface area (Å²) in [6, 6.07) is 20.5. The van der Waals surface area contributed by atoms with Gasteiger partial charge in [0.25, 0.3) is 0 Å². The van der Waals surface area contributed by atoms with E-state index in [0.717, 1.165) is 22.5 Å². The van der Waals surface area contributed by atoms with Crippen LogP contribution < -0.4 is 0 Å². The summed E-state index contributed by atoms with van der Waals surface area (Å²) in [7, 11) is 0. The largest absolute Gasteiger partial charge is 0.306 e. The highest BCUT2D eigenvalue weighted by Crippen LogP contribution is 2.30. The van der Waals surface area contributed by atoms with E-state index in [4.69, 9.17) is 0 Å². The van der Waals surface area contributed by atoms with Crippen LogP contribution in [0.5, 0.6) is 0 Å². The van der Waals surface area contributed by atoms with Gasteiger partial charge in [-0.1, -0.05) is 67.2 Å². The van der Waals surface area contributed by atoms with Crippen LogP contribution in [0.15, 0.2) is 73.6 Å². The fourth-order valence-electron chi connectivity index (χ4n) is 2.19. The first kappa shape index (κ1) is 11.5. The van der Waals surface area contributed by atoms with Crippen molar-refractivity contribution in [1.29, 1.82) is 0 Å². The summed E-state index contributed by atoms with van der Waals surface area (Å²) in [4.78, 5) is 4.53. The minimum atomic E-state index is 0.978. The number of hydrogen-bond donors (Lipinski definition) is 0. The van der Waals surface area contributed by atoms with Gasteiger partial charge in [-0.05, 0) is 0 Å². The first-order valence-electron chi connectivity index (χ1n) is 6.20. The molecule has 1 aromatic heterocycles. The Hall–Kier alpha value is -2.61. The summed E-state index contributed by atoms with van der Waals surface area (Å²) in [5, 5.41) is 0. The lowest BCUT2D eigenvalue weighted by Crippen LogP contribution is -1.89. The van der Waals surface area contributed by atoms with Crippen molar-refractivity contribution >= 4 is 6.20 Å². The van der Waals surface area contributed by atoms with Crippen LogP contribution in [-0.2, 0) is 0 Å². The van der Waals surface area contributed by atoms with Crippen molar-refractivity contribution in [3.05, 3.63) is 73.6 Å². The SMILES string of the molecule is C=Cn1cnc(-c2ccccc2)c1-c1ccccc1. The van der Waals surface area contributed by atoms with Crippen LogP contribution >= 0.6 is 0 Å². The zero-order chi connectivity index (χ0) is 13.1. The molecule has 0 aliphatic rings. The Morgan fingerprint density at radius 3 is 2.00 bits per heavy atom. The molecular formula is C17H14N2. The lowest BCUT2D eigenvalue weighted by atomic mass is 10.0. The molecule has 0 N–H and O–H groups in total. The number of nitrogens with zero attached hydrogens (tertiary/aromatic N) is 2. The molecule has 0 fully saturated rings. The third-order valence-corrected chi connectivity index (χ3v) is 3.08. The van der Waals surface area contributed by atoms with E-state index in [9.17, 15) is 0 Å². The van der Waals surface area contributed by atoms with Crippen molar-refractivity contribution in [2.24, 2.45) is 0 Å². The minimum Gasteiger partial charge on any atom is -0.306 e. The van der Waals surface area contributed by atoms with Crippen LogP contribution in [-0.4, -0.2) is 9.55 Å². The summed E-state index contributed by atoms with van der Waals surface area (Å²) >= 11 is 0. The van der Waals surface area contributed by atoms with Crippen molar-refractivity contribution < 1.29 is 0 Å². The second-order valence-corrected chi connectivity index (χ2v) is 4.26. The van der Waals surface area contributed by atoms with E-state index in [1.165, 1.54) is 0 Å². The highest BCUT2D eigenvalue weighted by molar-refractivity contribution is 5.79. The van der Waals surface area contributed by atoms with E-state index in [1.807, 2.05) is 41.0 Å². The molecule has 0 saturated heterocycles. The quantitative estimate of drug-likeness (QED) is 0.673. The lowest BCUT2D eigenvalue weighted by Gasteiger charge is -2.06. The molecule has 3 rings (SSSR count). The smallest absolute Gasteiger partial charge is 0.0999 e. The second-order valence-electron chi connectivity index (χ2n) is 4.26. The van der Waals surface area contributed by atoms with E-state index in [1.54, 1.807) is 12.5 Å². The molecule has 0 bridgehead atoms. The molecule has 0 aliphatic carbocycles. The standard InChI is InChI=1S/C17H14N2/c1-2-19-13-18-16(14-9-5-3-6-10-14)17(19)15-11-7-4-8-12-15/h2-13H,1H2. The highest BCUT2D eigenvalue weighted by atomic mass is 15.0. The van der Waals surface area contributed by atoms with Gasteiger partial charge in [-0.15, -0.1) is 0 Å². The van der Waals surface area contributed by atoms with Crippen molar-refractivity contribution in [3.8, 4) is 22.5 Å². The summed E-state index contributed by atoms with van der Waals surface area (Å²) in [6.45, 7) is 3.85. The van der Waals surface area contributed by atoms with Crippen LogP contribution in [0.3, 0.4) is 0 Å². The van der Waals surface area contributed by atoms with Gasteiger partial charge < -0.3 is 4.57 Å². The van der Waals surface area contributed by atoms with Crippen LogP contribution in [0.25, 0.3) is 28.7 Å². The average Bonchev–Trinajstić information content (AvgIpc) is 2.93. The fraction of sp³-hybridized carbons (Fsp3) is 0. The topological polar surface area (TPSA) is 17.8 Å². The third kappa shape index (κ3) is 2.08. The summed E-state index contributed by atoms with van der Waals surface area (Å²) in [6.07, 6.45) is 3.58. The molecule has 0 saturated carbocycles. The zero-order valence-corrected chi connectivity index (χ0v) is 10.5. The molecule has 0 radical (unpaired) electrons. The number of aromatic nitrogens is 2. The van der Waals surface area contributed by atoms with Gasteiger partial charge >= 0.3 is 0 Å². The Labute approximate surface area is 112 Å². The van der Waals surface area contributed by atoms with Crippen molar-refractivity contribution in [3.63, 3.8) is 0 Å². The van der Waals surface area contributed by atoms with Gasteiger partial charge in [0, 0.05) is 17.3 Å². The maximum Gasteiger partial charge on any atom is 0.0999 e. The molecule has 0 unspecified atom stereocenters. The van der Waals surface area contributed by atoms with E-state index in [0.29, 0.717) is 0 Å². The monoisotopic (exact) mass is 246 g/mol. The molecule has 2 heteroatoms. The maximum absolute atomic E-state index is 4.53. The number of imidazole rings is 1. The molecule has 2 aromatic carbocycles. The first-order valence-corrected chi connectivity index (χ1v) is 6.20. The van der Waals surface area contributed by atoms with Crippen LogP contribution in [0.4, 0.5) is 0 Å². The van der Waals surface area contributed by atoms with Crippen LogP contribution in [0.2, 0.25) is 0 Å². The molecule has 0 spiro atoms. The van der Waals surface area contributed by atoms with E-state index >= 15 is 0 Å². The number of rotatable bonds is 3. The molecular weight excluding hydrogens is 232 g/mol. The second kappa shape index (κ2) is 4.94. The van der Waals surface area contributed by atoms with Gasteiger partial charge in [0.05, 0.1) is 17.7 Å². The normalized spacial score (nSPS) is 10.3. The summed E-state index contributed by atoms with van der Waals surface area (Å²) in [5.74, 6) is 0. The molecule has 1 heterocycles. The molecule has 92 valence electrons. The van der Waals surface area contributed by atoms with Crippen LogP contribution in [0.1, 0.15) is 0 Å². The molecule has 2 nitrogen and oxygen atoms in total. The Kier molecular flexibility index (Phi) is 2.99. The Morgan fingerprint density at radius 1 is 0.842 bits per heavy atom. The Balaban J connectivity index is 2.23. The third-order valence-electron chi connectivity index (χ3n) is 3.08. The lowest BCUT2D eigenvalue weighted by molar-refractivity contribution is 1.15. The maximum atomic E-state index is 4.53. The summed E-state index contributed by atoms with van der Waals surface area (Å²) in [5.41, 5.74) is 4.30. The molecule has 0 atom stereocenters. The Bertz CT molecular complexity index is 682. The average molecular weight is 246 g/mol. The molecule has 0 aliphatic heterocycles. The van der Waals surface area contributed by atoms with Gasteiger partial charge in [0.2, 0.25) is 0 Å². The minimum absolute atomic E-state index is 0.978. The van der Waals surface area contributed by atoms with E-state index in [-0.39, 0.29) is 0 Å². The van der Waals surface area contributed by atoms with Crippen molar-refractivity contribution in [2.75, 3.05) is 0 Å². The predicted octanol–water partition coefficient (Wildman–Crippen LogP) is 4.32. The van der Waals surface area contributed by atoms with E-state index in [2.05, 4.69) is 35.8 Å². The highest BCUT2D eigenvalue weighted by Gasteiger charge is 2.12.